The minimum absolute atomic E-state index is 0.0569. The standard InChI is InChI=1S/C15H14FNO2/c1-17(10-11-5-4-6-12(16)9-11)15(19)13-7-2-3-8-14(13)18/h2-9,18H,10H2,1H3. The Kier molecular flexibility index (Phi) is 3.80. The second-order valence-corrected chi connectivity index (χ2v) is 4.31. The normalized spacial score (nSPS) is 10.2. The van der Waals surface area contributed by atoms with Crippen LogP contribution < -0.4 is 0 Å². The molecular weight excluding hydrogens is 245 g/mol. The molecule has 2 rings (SSSR count). The Morgan fingerprint density at radius 2 is 1.95 bits per heavy atom. The van der Waals surface area contributed by atoms with Crippen molar-refractivity contribution in [2.45, 2.75) is 6.54 Å². The number of nitrogens with zero attached hydrogens (tertiary/aromatic N) is 1. The highest BCUT2D eigenvalue weighted by Crippen LogP contribution is 2.18. The molecule has 0 fully saturated rings. The Hall–Kier alpha value is -2.36. The van der Waals surface area contributed by atoms with Gasteiger partial charge in [-0.05, 0) is 29.8 Å². The Morgan fingerprint density at radius 1 is 1.21 bits per heavy atom. The number of aromatic hydroxyl groups is 1. The Balaban J connectivity index is 2.14. The van der Waals surface area contributed by atoms with Crippen molar-refractivity contribution in [2.24, 2.45) is 0 Å². The zero-order chi connectivity index (χ0) is 13.8. The Labute approximate surface area is 110 Å². The first-order valence-electron chi connectivity index (χ1n) is 5.86. The molecule has 0 aliphatic heterocycles. The van der Waals surface area contributed by atoms with E-state index in [0.717, 1.165) is 0 Å². The second kappa shape index (κ2) is 5.52. The van der Waals surface area contributed by atoms with E-state index in [1.807, 2.05) is 0 Å². The summed E-state index contributed by atoms with van der Waals surface area (Å²) in [5.74, 6) is -0.693. The molecule has 2 aromatic rings. The molecule has 1 N–H and O–H groups in total. The molecule has 0 aliphatic carbocycles. The van der Waals surface area contributed by atoms with Crippen LogP contribution in [0.4, 0.5) is 4.39 Å². The molecule has 0 spiro atoms. The van der Waals surface area contributed by atoms with Crippen LogP contribution in [0.2, 0.25) is 0 Å². The molecular formula is C15H14FNO2. The fourth-order valence-electron chi connectivity index (χ4n) is 1.84. The van der Waals surface area contributed by atoms with Gasteiger partial charge in [0, 0.05) is 13.6 Å². The number of benzene rings is 2. The largest absolute Gasteiger partial charge is 0.507 e. The van der Waals surface area contributed by atoms with Crippen LogP contribution >= 0.6 is 0 Å². The maximum absolute atomic E-state index is 13.1. The number of hydrogen-bond acceptors (Lipinski definition) is 2. The summed E-state index contributed by atoms with van der Waals surface area (Å²) in [5, 5.41) is 9.63. The number of hydrogen-bond donors (Lipinski definition) is 1. The smallest absolute Gasteiger partial charge is 0.257 e. The molecule has 0 heterocycles. The lowest BCUT2D eigenvalue weighted by molar-refractivity contribution is 0.0782. The fourth-order valence-corrected chi connectivity index (χ4v) is 1.84. The number of carbonyl (C=O) groups is 1. The molecule has 0 aromatic heterocycles. The molecule has 0 saturated heterocycles. The van der Waals surface area contributed by atoms with Crippen molar-refractivity contribution in [3.63, 3.8) is 0 Å². The molecule has 98 valence electrons. The van der Waals surface area contributed by atoms with Crippen LogP contribution in [0.15, 0.2) is 48.5 Å². The average Bonchev–Trinajstić information content (AvgIpc) is 2.38. The third-order valence-electron chi connectivity index (χ3n) is 2.79. The first-order chi connectivity index (χ1) is 9.08. The van der Waals surface area contributed by atoms with Crippen LogP contribution in [0.25, 0.3) is 0 Å². The summed E-state index contributed by atoms with van der Waals surface area (Å²) in [6.45, 7) is 0.283. The molecule has 0 unspecified atom stereocenters. The lowest BCUT2D eigenvalue weighted by atomic mass is 10.1. The monoisotopic (exact) mass is 259 g/mol. The quantitative estimate of drug-likeness (QED) is 0.920. The van der Waals surface area contributed by atoms with Gasteiger partial charge in [-0.3, -0.25) is 4.79 Å². The van der Waals surface area contributed by atoms with Crippen molar-refractivity contribution < 1.29 is 14.3 Å². The molecule has 3 nitrogen and oxygen atoms in total. The number of halogens is 1. The number of para-hydroxylation sites is 1. The number of carbonyl (C=O) groups excluding carboxylic acids is 1. The number of amides is 1. The minimum atomic E-state index is -0.332. The summed E-state index contributed by atoms with van der Waals surface area (Å²) in [6, 6.07) is 12.4. The molecule has 2 aromatic carbocycles. The van der Waals surface area contributed by atoms with Crippen molar-refractivity contribution in [1.29, 1.82) is 0 Å². The third-order valence-corrected chi connectivity index (χ3v) is 2.79. The van der Waals surface area contributed by atoms with Gasteiger partial charge in [-0.25, -0.2) is 4.39 Å². The first kappa shape index (κ1) is 13.1. The summed E-state index contributed by atoms with van der Waals surface area (Å²) >= 11 is 0. The summed E-state index contributed by atoms with van der Waals surface area (Å²) in [6.07, 6.45) is 0. The van der Waals surface area contributed by atoms with Gasteiger partial charge in [-0.2, -0.15) is 0 Å². The van der Waals surface area contributed by atoms with Crippen molar-refractivity contribution in [2.75, 3.05) is 7.05 Å². The van der Waals surface area contributed by atoms with Crippen molar-refractivity contribution in [3.8, 4) is 5.75 Å². The first-order valence-corrected chi connectivity index (χ1v) is 5.86. The highest BCUT2D eigenvalue weighted by molar-refractivity contribution is 5.96. The van der Waals surface area contributed by atoms with Crippen LogP contribution in [0.3, 0.4) is 0 Å². The summed E-state index contributed by atoms with van der Waals surface area (Å²) < 4.78 is 13.1. The number of phenolic OH excluding ortho intramolecular Hbond substituents is 1. The van der Waals surface area contributed by atoms with E-state index < -0.39 is 0 Å². The molecule has 0 bridgehead atoms. The van der Waals surface area contributed by atoms with Gasteiger partial charge in [0.15, 0.2) is 0 Å². The van der Waals surface area contributed by atoms with Gasteiger partial charge in [-0.15, -0.1) is 0 Å². The Bertz CT molecular complexity index is 598. The van der Waals surface area contributed by atoms with Gasteiger partial charge in [0.1, 0.15) is 11.6 Å². The molecule has 0 aliphatic rings. The van der Waals surface area contributed by atoms with Gasteiger partial charge >= 0.3 is 0 Å². The van der Waals surface area contributed by atoms with Gasteiger partial charge in [0.05, 0.1) is 5.56 Å². The molecule has 1 amide bonds. The molecule has 0 saturated carbocycles. The predicted molar refractivity (Wildman–Crippen MR) is 70.3 cm³/mol. The molecule has 19 heavy (non-hydrogen) atoms. The van der Waals surface area contributed by atoms with Gasteiger partial charge in [-0.1, -0.05) is 24.3 Å². The lowest BCUT2D eigenvalue weighted by Crippen LogP contribution is -2.26. The maximum atomic E-state index is 13.1. The maximum Gasteiger partial charge on any atom is 0.257 e. The van der Waals surface area contributed by atoms with Crippen LogP contribution in [-0.4, -0.2) is 23.0 Å². The zero-order valence-corrected chi connectivity index (χ0v) is 10.5. The lowest BCUT2D eigenvalue weighted by Gasteiger charge is -2.18. The highest BCUT2D eigenvalue weighted by Gasteiger charge is 2.15. The van der Waals surface area contributed by atoms with Crippen LogP contribution in [0, 0.1) is 5.82 Å². The predicted octanol–water partition coefficient (Wildman–Crippen LogP) is 2.80. The van der Waals surface area contributed by atoms with Crippen LogP contribution in [-0.2, 0) is 6.54 Å². The summed E-state index contributed by atoms with van der Waals surface area (Å²) in [7, 11) is 1.61. The zero-order valence-electron chi connectivity index (χ0n) is 10.5. The molecule has 0 radical (unpaired) electrons. The molecule has 0 atom stereocenters. The van der Waals surface area contributed by atoms with E-state index >= 15 is 0 Å². The second-order valence-electron chi connectivity index (χ2n) is 4.31. The van der Waals surface area contributed by atoms with Gasteiger partial charge in [0.25, 0.3) is 5.91 Å². The SMILES string of the molecule is CN(Cc1cccc(F)c1)C(=O)c1ccccc1O. The van der Waals surface area contributed by atoms with Crippen LogP contribution in [0.5, 0.6) is 5.75 Å². The van der Waals surface area contributed by atoms with Gasteiger partial charge < -0.3 is 10.0 Å². The minimum Gasteiger partial charge on any atom is -0.507 e. The number of phenols is 1. The van der Waals surface area contributed by atoms with Crippen LogP contribution in [0.1, 0.15) is 15.9 Å². The molecule has 4 heteroatoms. The van der Waals surface area contributed by atoms with Crippen molar-refractivity contribution in [1.82, 2.24) is 4.90 Å². The van der Waals surface area contributed by atoms with E-state index in [2.05, 4.69) is 0 Å². The van der Waals surface area contributed by atoms with E-state index in [1.165, 1.54) is 23.1 Å². The average molecular weight is 259 g/mol. The van der Waals surface area contributed by atoms with E-state index in [4.69, 9.17) is 0 Å². The van der Waals surface area contributed by atoms with Crippen molar-refractivity contribution in [3.05, 3.63) is 65.5 Å². The van der Waals surface area contributed by atoms with E-state index in [9.17, 15) is 14.3 Å². The third kappa shape index (κ3) is 3.10. The van der Waals surface area contributed by atoms with E-state index in [1.54, 1.807) is 37.4 Å². The van der Waals surface area contributed by atoms with Gasteiger partial charge in [0.2, 0.25) is 0 Å². The van der Waals surface area contributed by atoms with Crippen molar-refractivity contribution >= 4 is 5.91 Å². The highest BCUT2D eigenvalue weighted by atomic mass is 19.1. The summed E-state index contributed by atoms with van der Waals surface area (Å²) in [4.78, 5) is 13.6. The fraction of sp³-hybridized carbons (Fsp3) is 0.133. The summed E-state index contributed by atoms with van der Waals surface area (Å²) in [5.41, 5.74) is 0.938. The van der Waals surface area contributed by atoms with E-state index in [-0.39, 0.29) is 29.6 Å². The van der Waals surface area contributed by atoms with E-state index in [0.29, 0.717) is 5.56 Å². The Morgan fingerprint density at radius 3 is 2.63 bits per heavy atom. The topological polar surface area (TPSA) is 40.5 Å². The number of rotatable bonds is 3.